The van der Waals surface area contributed by atoms with Crippen molar-refractivity contribution in [1.29, 1.82) is 0 Å². The number of hydrogen-bond donors (Lipinski definition) is 2. The summed E-state index contributed by atoms with van der Waals surface area (Å²) >= 11 is 0. The van der Waals surface area contributed by atoms with Crippen LogP contribution in [0, 0.1) is 0 Å². The zero-order valence-electron chi connectivity index (χ0n) is 17.0. The molecule has 158 valence electrons. The minimum atomic E-state index is -0.665. The standard InChI is InChI=1S/C24H18N4O4/c1-28-24(31)15-9-3-2-8-14(15)21(27-28)23(30)26-25-22(29)20-16-10-4-6-12-18(16)32-19-13-7-5-11-17(19)20/h2-13,20H,1H3,(H,25,29)(H,26,30). The number of hydrogen-bond acceptors (Lipinski definition) is 5. The number of aromatic nitrogens is 2. The van der Waals surface area contributed by atoms with Crippen LogP contribution < -0.4 is 21.1 Å². The molecule has 8 heteroatoms. The molecule has 2 heterocycles. The Balaban J connectivity index is 1.44. The van der Waals surface area contributed by atoms with Gasteiger partial charge in [0.25, 0.3) is 17.4 Å². The molecule has 0 aliphatic carbocycles. The quantitative estimate of drug-likeness (QED) is 0.480. The number of carbonyl (C=O) groups is 2. The predicted molar refractivity (Wildman–Crippen MR) is 117 cm³/mol. The van der Waals surface area contributed by atoms with Gasteiger partial charge in [-0.2, -0.15) is 5.10 Å². The third-order valence-electron chi connectivity index (χ3n) is 5.41. The molecule has 0 atom stereocenters. The number of ether oxygens (including phenoxy) is 1. The van der Waals surface area contributed by atoms with Gasteiger partial charge in [-0.05, 0) is 18.2 Å². The lowest BCUT2D eigenvalue weighted by Crippen LogP contribution is -2.45. The maximum Gasteiger partial charge on any atom is 0.290 e. The van der Waals surface area contributed by atoms with Crippen molar-refractivity contribution < 1.29 is 14.3 Å². The third-order valence-corrected chi connectivity index (χ3v) is 5.41. The van der Waals surface area contributed by atoms with Crippen LogP contribution in [0.2, 0.25) is 0 Å². The smallest absolute Gasteiger partial charge is 0.290 e. The molecule has 4 aromatic rings. The van der Waals surface area contributed by atoms with E-state index in [9.17, 15) is 14.4 Å². The number of benzene rings is 3. The normalized spacial score (nSPS) is 12.4. The van der Waals surface area contributed by atoms with Gasteiger partial charge >= 0.3 is 0 Å². The van der Waals surface area contributed by atoms with Crippen LogP contribution in [-0.2, 0) is 11.8 Å². The van der Waals surface area contributed by atoms with Gasteiger partial charge in [0.15, 0.2) is 5.69 Å². The van der Waals surface area contributed by atoms with Gasteiger partial charge in [-0.25, -0.2) is 4.68 Å². The molecule has 5 rings (SSSR count). The number of nitrogens with one attached hydrogen (secondary N) is 2. The zero-order valence-corrected chi connectivity index (χ0v) is 17.0. The highest BCUT2D eigenvalue weighted by Gasteiger charge is 2.32. The molecule has 0 radical (unpaired) electrons. The number of nitrogens with zero attached hydrogens (tertiary/aromatic N) is 2. The van der Waals surface area contributed by atoms with Crippen LogP contribution in [-0.4, -0.2) is 21.6 Å². The second-order valence-electron chi connectivity index (χ2n) is 7.38. The minimum absolute atomic E-state index is 0.0378. The summed E-state index contributed by atoms with van der Waals surface area (Å²) in [5.74, 6) is -0.539. The molecule has 0 saturated carbocycles. The summed E-state index contributed by atoms with van der Waals surface area (Å²) in [6.45, 7) is 0. The highest BCUT2D eigenvalue weighted by Crippen LogP contribution is 2.43. The average Bonchev–Trinajstić information content (AvgIpc) is 2.83. The molecule has 0 spiro atoms. The van der Waals surface area contributed by atoms with E-state index in [0.717, 1.165) is 4.68 Å². The van der Waals surface area contributed by atoms with E-state index in [4.69, 9.17) is 4.74 Å². The molecule has 8 nitrogen and oxygen atoms in total. The van der Waals surface area contributed by atoms with Gasteiger partial charge in [0, 0.05) is 23.6 Å². The largest absolute Gasteiger partial charge is 0.457 e. The van der Waals surface area contributed by atoms with Crippen molar-refractivity contribution in [1.82, 2.24) is 20.6 Å². The second kappa shape index (κ2) is 7.66. The molecule has 3 aromatic carbocycles. The summed E-state index contributed by atoms with van der Waals surface area (Å²) in [7, 11) is 1.47. The number of amides is 2. The number of fused-ring (bicyclic) bond motifs is 3. The van der Waals surface area contributed by atoms with Crippen LogP contribution in [0.3, 0.4) is 0 Å². The Morgan fingerprint density at radius 3 is 2.06 bits per heavy atom. The molecule has 0 unspecified atom stereocenters. The van der Waals surface area contributed by atoms with Gasteiger partial charge in [-0.15, -0.1) is 0 Å². The van der Waals surface area contributed by atoms with Crippen molar-refractivity contribution in [3.63, 3.8) is 0 Å². The maximum absolute atomic E-state index is 13.2. The fourth-order valence-electron chi connectivity index (χ4n) is 3.91. The summed E-state index contributed by atoms with van der Waals surface area (Å²) in [4.78, 5) is 38.4. The van der Waals surface area contributed by atoms with Crippen LogP contribution in [0.5, 0.6) is 11.5 Å². The zero-order chi connectivity index (χ0) is 22.2. The van der Waals surface area contributed by atoms with Gasteiger partial charge < -0.3 is 4.74 Å². The van der Waals surface area contributed by atoms with Crippen LogP contribution in [0.15, 0.2) is 77.6 Å². The van der Waals surface area contributed by atoms with Crippen molar-refractivity contribution in [3.8, 4) is 11.5 Å². The Kier molecular flexibility index (Phi) is 4.67. The van der Waals surface area contributed by atoms with Crippen LogP contribution in [0.1, 0.15) is 27.5 Å². The maximum atomic E-state index is 13.2. The Morgan fingerprint density at radius 1 is 0.844 bits per heavy atom. The molecule has 1 aromatic heterocycles. The molecule has 0 saturated heterocycles. The summed E-state index contributed by atoms with van der Waals surface area (Å²) in [5, 5.41) is 4.86. The van der Waals surface area contributed by atoms with Gasteiger partial charge in [-0.1, -0.05) is 54.6 Å². The van der Waals surface area contributed by atoms with Crippen LogP contribution in [0.4, 0.5) is 0 Å². The Hall–Kier alpha value is -4.46. The van der Waals surface area contributed by atoms with Crippen molar-refractivity contribution in [2.24, 2.45) is 7.05 Å². The van der Waals surface area contributed by atoms with E-state index in [1.165, 1.54) is 7.05 Å². The van der Waals surface area contributed by atoms with E-state index < -0.39 is 17.7 Å². The molecule has 1 aliphatic rings. The van der Waals surface area contributed by atoms with Gasteiger partial charge in [0.1, 0.15) is 11.5 Å². The number of carbonyl (C=O) groups excluding carboxylic acids is 2. The van der Waals surface area contributed by atoms with Gasteiger partial charge in [0.05, 0.1) is 11.3 Å². The van der Waals surface area contributed by atoms with E-state index in [1.54, 1.807) is 36.4 Å². The Morgan fingerprint density at radius 2 is 1.41 bits per heavy atom. The van der Waals surface area contributed by atoms with Gasteiger partial charge in [0.2, 0.25) is 0 Å². The third kappa shape index (κ3) is 3.18. The van der Waals surface area contributed by atoms with Crippen LogP contribution >= 0.6 is 0 Å². The molecule has 0 bridgehead atoms. The number of rotatable bonds is 2. The van der Waals surface area contributed by atoms with Crippen molar-refractivity contribution >= 4 is 22.6 Å². The molecular weight excluding hydrogens is 408 g/mol. The lowest BCUT2D eigenvalue weighted by Gasteiger charge is -2.27. The highest BCUT2D eigenvalue weighted by molar-refractivity contribution is 6.05. The first-order valence-electron chi connectivity index (χ1n) is 9.96. The fraction of sp³-hybridized carbons (Fsp3) is 0.0833. The Bertz CT molecular complexity index is 1400. The summed E-state index contributed by atoms with van der Waals surface area (Å²) < 4.78 is 7.02. The number of hydrazine groups is 1. The first-order chi connectivity index (χ1) is 15.5. The highest BCUT2D eigenvalue weighted by atomic mass is 16.5. The molecule has 32 heavy (non-hydrogen) atoms. The van der Waals surface area contributed by atoms with E-state index in [0.29, 0.717) is 33.4 Å². The topological polar surface area (TPSA) is 102 Å². The number of para-hydroxylation sites is 2. The van der Waals surface area contributed by atoms with E-state index in [1.807, 2.05) is 36.4 Å². The lowest BCUT2D eigenvalue weighted by atomic mass is 9.87. The van der Waals surface area contributed by atoms with Gasteiger partial charge in [-0.3, -0.25) is 25.2 Å². The number of aryl methyl sites for hydroxylation is 1. The first kappa shape index (κ1) is 19.5. The molecule has 1 aliphatic heterocycles. The Labute approximate surface area is 182 Å². The summed E-state index contributed by atoms with van der Waals surface area (Å²) in [6, 6.07) is 21.3. The molecule has 0 fully saturated rings. The van der Waals surface area contributed by atoms with Crippen molar-refractivity contribution in [2.45, 2.75) is 5.92 Å². The van der Waals surface area contributed by atoms with E-state index in [2.05, 4.69) is 16.0 Å². The second-order valence-corrected chi connectivity index (χ2v) is 7.38. The molecule has 2 N–H and O–H groups in total. The average molecular weight is 426 g/mol. The minimum Gasteiger partial charge on any atom is -0.457 e. The summed E-state index contributed by atoms with van der Waals surface area (Å²) in [5.41, 5.74) is 6.07. The lowest BCUT2D eigenvalue weighted by molar-refractivity contribution is -0.122. The summed E-state index contributed by atoms with van der Waals surface area (Å²) in [6.07, 6.45) is 0. The SMILES string of the molecule is Cn1nc(C(=O)NNC(=O)C2c3ccccc3Oc3ccccc32)c2ccccc2c1=O. The fourth-order valence-corrected chi connectivity index (χ4v) is 3.91. The monoisotopic (exact) mass is 426 g/mol. The van der Waals surface area contributed by atoms with E-state index >= 15 is 0 Å². The first-order valence-corrected chi connectivity index (χ1v) is 9.96. The molecular formula is C24H18N4O4. The van der Waals surface area contributed by atoms with Crippen molar-refractivity contribution in [3.05, 3.63) is 100.0 Å². The van der Waals surface area contributed by atoms with Crippen molar-refractivity contribution in [2.75, 3.05) is 0 Å². The van der Waals surface area contributed by atoms with Crippen LogP contribution in [0.25, 0.3) is 10.8 Å². The van der Waals surface area contributed by atoms with E-state index in [-0.39, 0.29) is 11.3 Å². The predicted octanol–water partition coefficient (Wildman–Crippen LogP) is 2.63. The molecule has 2 amide bonds.